The molecule has 1 aliphatic rings. The van der Waals surface area contributed by atoms with Gasteiger partial charge < -0.3 is 4.90 Å². The van der Waals surface area contributed by atoms with Gasteiger partial charge in [-0.2, -0.15) is 5.26 Å². The lowest BCUT2D eigenvalue weighted by Crippen LogP contribution is -2.40. The number of benzene rings is 2. The first-order valence-corrected chi connectivity index (χ1v) is 8.47. The van der Waals surface area contributed by atoms with E-state index >= 15 is 0 Å². The minimum absolute atomic E-state index is 0. The summed E-state index contributed by atoms with van der Waals surface area (Å²) in [7, 11) is 2.13. The van der Waals surface area contributed by atoms with E-state index in [0.29, 0.717) is 0 Å². The Balaban J connectivity index is 0.00000192. The van der Waals surface area contributed by atoms with E-state index in [4.69, 9.17) is 0 Å². The molecule has 2 nitrogen and oxygen atoms in total. The summed E-state index contributed by atoms with van der Waals surface area (Å²) in [4.78, 5) is 4.73. The van der Waals surface area contributed by atoms with Crippen molar-refractivity contribution in [2.24, 2.45) is 0 Å². The predicted octanol–water partition coefficient (Wildman–Crippen LogP) is 4.75. The molecule has 0 saturated carbocycles. The molecule has 0 bridgehead atoms. The lowest BCUT2D eigenvalue weighted by molar-refractivity contribution is 0.220. The van der Waals surface area contributed by atoms with Crippen LogP contribution in [-0.2, 0) is 5.41 Å². The van der Waals surface area contributed by atoms with Crippen molar-refractivity contribution < 1.29 is 0 Å². The van der Waals surface area contributed by atoms with Gasteiger partial charge in [0.05, 0.1) is 11.5 Å². The Hall–Kier alpha value is -1.47. The Morgan fingerprint density at radius 3 is 2.26 bits per heavy atom. The van der Waals surface area contributed by atoms with Crippen molar-refractivity contribution in [1.29, 1.82) is 5.26 Å². The molecule has 0 radical (unpaired) electrons. The van der Waals surface area contributed by atoms with Crippen molar-refractivity contribution in [2.45, 2.75) is 28.0 Å². The molecule has 0 N–H and O–H groups in total. The van der Waals surface area contributed by atoms with Gasteiger partial charge in [0.15, 0.2) is 0 Å². The van der Waals surface area contributed by atoms with E-state index in [-0.39, 0.29) is 17.8 Å². The third-order valence-corrected chi connectivity index (χ3v) is 5.51. The van der Waals surface area contributed by atoms with Gasteiger partial charge in [0, 0.05) is 9.79 Å². The standard InChI is InChI=1S/C19H20N2S.ClH/c1-21-13-11-19(15-20,12-14-21)17-9-5-6-10-18(17)22-16-7-3-2-4-8-16;/h2-10H,11-14H2,1H3;1H. The number of hydrogen-bond acceptors (Lipinski definition) is 3. The number of rotatable bonds is 3. The molecule has 0 spiro atoms. The fourth-order valence-corrected chi connectivity index (χ4v) is 4.08. The molecule has 2 aromatic rings. The molecule has 1 heterocycles. The van der Waals surface area contributed by atoms with Crippen molar-refractivity contribution in [3.8, 4) is 6.07 Å². The second kappa shape index (κ2) is 7.88. The molecule has 23 heavy (non-hydrogen) atoms. The highest BCUT2D eigenvalue weighted by Crippen LogP contribution is 2.41. The molecule has 0 amide bonds. The molecule has 120 valence electrons. The summed E-state index contributed by atoms with van der Waals surface area (Å²) in [6, 6.07) is 21.4. The minimum Gasteiger partial charge on any atom is -0.306 e. The van der Waals surface area contributed by atoms with Crippen LogP contribution in [0.4, 0.5) is 0 Å². The van der Waals surface area contributed by atoms with Crippen LogP contribution in [0.2, 0.25) is 0 Å². The maximum atomic E-state index is 9.89. The van der Waals surface area contributed by atoms with Crippen LogP contribution in [-0.4, -0.2) is 25.0 Å². The largest absolute Gasteiger partial charge is 0.306 e. The Morgan fingerprint density at radius 1 is 1.00 bits per heavy atom. The third-order valence-electron chi connectivity index (χ3n) is 4.43. The van der Waals surface area contributed by atoms with Gasteiger partial charge in [-0.3, -0.25) is 0 Å². The molecule has 3 rings (SSSR count). The highest BCUT2D eigenvalue weighted by molar-refractivity contribution is 7.99. The van der Waals surface area contributed by atoms with Crippen LogP contribution in [0.3, 0.4) is 0 Å². The average Bonchev–Trinajstić information content (AvgIpc) is 2.58. The van der Waals surface area contributed by atoms with Crippen molar-refractivity contribution in [1.82, 2.24) is 4.90 Å². The maximum absolute atomic E-state index is 9.89. The number of hydrogen-bond donors (Lipinski definition) is 0. The van der Waals surface area contributed by atoms with Crippen LogP contribution in [0.1, 0.15) is 18.4 Å². The highest BCUT2D eigenvalue weighted by Gasteiger charge is 2.37. The van der Waals surface area contributed by atoms with Gasteiger partial charge in [-0.05, 0) is 56.7 Å². The molecular weight excluding hydrogens is 324 g/mol. The lowest BCUT2D eigenvalue weighted by atomic mass is 9.74. The average molecular weight is 345 g/mol. The van der Waals surface area contributed by atoms with Gasteiger partial charge in [-0.15, -0.1) is 12.4 Å². The zero-order valence-electron chi connectivity index (χ0n) is 13.2. The van der Waals surface area contributed by atoms with Crippen LogP contribution in [0.15, 0.2) is 64.4 Å². The Kier molecular flexibility index (Phi) is 6.12. The fourth-order valence-electron chi connectivity index (χ4n) is 3.01. The first kappa shape index (κ1) is 17.9. The van der Waals surface area contributed by atoms with E-state index in [1.165, 1.54) is 15.4 Å². The summed E-state index contributed by atoms with van der Waals surface area (Å²) < 4.78 is 0. The van der Waals surface area contributed by atoms with Gasteiger partial charge in [0.25, 0.3) is 0 Å². The van der Waals surface area contributed by atoms with Crippen LogP contribution < -0.4 is 0 Å². The molecule has 2 aromatic carbocycles. The molecule has 0 atom stereocenters. The zero-order valence-corrected chi connectivity index (χ0v) is 14.9. The van der Waals surface area contributed by atoms with E-state index in [0.717, 1.165) is 25.9 Å². The van der Waals surface area contributed by atoms with Gasteiger partial charge in [0.2, 0.25) is 0 Å². The summed E-state index contributed by atoms with van der Waals surface area (Å²) in [5, 5.41) is 9.89. The molecule has 0 aromatic heterocycles. The van der Waals surface area contributed by atoms with E-state index in [2.05, 4.69) is 66.5 Å². The Bertz CT molecular complexity index is 673. The molecular formula is C19H21ClN2S. The van der Waals surface area contributed by atoms with Crippen molar-refractivity contribution in [2.75, 3.05) is 20.1 Å². The normalized spacial score (nSPS) is 17.0. The monoisotopic (exact) mass is 344 g/mol. The van der Waals surface area contributed by atoms with Crippen molar-refractivity contribution in [3.63, 3.8) is 0 Å². The summed E-state index contributed by atoms with van der Waals surface area (Å²) in [6.45, 7) is 1.97. The predicted molar refractivity (Wildman–Crippen MR) is 98.3 cm³/mol. The van der Waals surface area contributed by atoms with Crippen LogP contribution in [0.25, 0.3) is 0 Å². The minimum atomic E-state index is -0.342. The molecule has 1 saturated heterocycles. The molecule has 4 heteroatoms. The van der Waals surface area contributed by atoms with Crippen molar-refractivity contribution >= 4 is 24.2 Å². The van der Waals surface area contributed by atoms with Gasteiger partial charge in [-0.1, -0.05) is 48.2 Å². The number of likely N-dealkylation sites (tertiary alicyclic amines) is 1. The summed E-state index contributed by atoms with van der Waals surface area (Å²) in [5.41, 5.74) is 0.852. The smallest absolute Gasteiger partial charge is 0.0857 e. The molecule has 0 aliphatic carbocycles. The van der Waals surface area contributed by atoms with E-state index < -0.39 is 0 Å². The van der Waals surface area contributed by atoms with Crippen LogP contribution in [0, 0.1) is 11.3 Å². The van der Waals surface area contributed by atoms with E-state index in [1.807, 2.05) is 6.07 Å². The van der Waals surface area contributed by atoms with Crippen LogP contribution >= 0.6 is 24.2 Å². The summed E-state index contributed by atoms with van der Waals surface area (Å²) >= 11 is 1.76. The van der Waals surface area contributed by atoms with Gasteiger partial charge >= 0.3 is 0 Å². The Morgan fingerprint density at radius 2 is 1.61 bits per heavy atom. The topological polar surface area (TPSA) is 27.0 Å². The Labute approximate surface area is 148 Å². The number of piperidine rings is 1. The second-order valence-corrected chi connectivity index (χ2v) is 7.02. The van der Waals surface area contributed by atoms with E-state index in [9.17, 15) is 5.26 Å². The SMILES string of the molecule is CN1CCC(C#N)(c2ccccc2Sc2ccccc2)CC1.Cl. The molecule has 0 unspecified atom stereocenters. The first-order valence-electron chi connectivity index (χ1n) is 7.66. The van der Waals surface area contributed by atoms with Gasteiger partial charge in [0.1, 0.15) is 0 Å². The number of halogens is 1. The quantitative estimate of drug-likeness (QED) is 0.804. The molecule has 1 fully saturated rings. The first-order chi connectivity index (χ1) is 10.7. The number of nitriles is 1. The van der Waals surface area contributed by atoms with E-state index in [1.54, 1.807) is 11.8 Å². The summed E-state index contributed by atoms with van der Waals surface area (Å²) in [5.74, 6) is 0. The zero-order chi connectivity index (χ0) is 15.4. The summed E-state index contributed by atoms with van der Waals surface area (Å²) in [6.07, 6.45) is 1.82. The van der Waals surface area contributed by atoms with Crippen LogP contribution in [0.5, 0.6) is 0 Å². The molecule has 1 aliphatic heterocycles. The maximum Gasteiger partial charge on any atom is 0.0857 e. The fraction of sp³-hybridized carbons (Fsp3) is 0.316. The lowest BCUT2D eigenvalue weighted by Gasteiger charge is -2.36. The van der Waals surface area contributed by atoms with Crippen molar-refractivity contribution in [3.05, 3.63) is 60.2 Å². The second-order valence-electron chi connectivity index (χ2n) is 5.91. The third kappa shape index (κ3) is 3.90. The highest BCUT2D eigenvalue weighted by atomic mass is 35.5. The number of nitrogens with zero attached hydrogens (tertiary/aromatic N) is 2. The van der Waals surface area contributed by atoms with Gasteiger partial charge in [-0.25, -0.2) is 0 Å².